The molecule has 1 aliphatic heterocycles. The molecule has 3 nitrogen and oxygen atoms in total. The Bertz CT molecular complexity index is 473. The van der Waals surface area contributed by atoms with Gasteiger partial charge in [0.05, 0.1) is 12.8 Å². The number of benzene rings is 1. The third-order valence-corrected chi connectivity index (χ3v) is 6.54. The van der Waals surface area contributed by atoms with E-state index in [2.05, 4.69) is 5.32 Å². The smallest absolute Gasteiger partial charge is 0.224 e. The third-order valence-electron chi connectivity index (χ3n) is 3.54. The summed E-state index contributed by atoms with van der Waals surface area (Å²) in [5.74, 6) is 2.07. The number of hydrogen-bond acceptors (Lipinski definition) is 4. The minimum Gasteiger partial charge on any atom is -0.495 e. The van der Waals surface area contributed by atoms with E-state index in [0.29, 0.717) is 12.2 Å². The van der Waals surface area contributed by atoms with Crippen molar-refractivity contribution in [3.05, 3.63) is 23.8 Å². The van der Waals surface area contributed by atoms with Crippen LogP contribution in [0.25, 0.3) is 0 Å². The van der Waals surface area contributed by atoms with E-state index in [9.17, 15) is 4.79 Å². The number of aryl methyl sites for hydroxylation is 1. The molecule has 1 aliphatic rings. The molecule has 1 atom stereocenters. The third kappa shape index (κ3) is 5.47. The quantitative estimate of drug-likeness (QED) is 0.585. The van der Waals surface area contributed by atoms with E-state index >= 15 is 0 Å². The predicted molar refractivity (Wildman–Crippen MR) is 93.3 cm³/mol. The van der Waals surface area contributed by atoms with E-state index in [1.165, 1.54) is 18.6 Å². The van der Waals surface area contributed by atoms with Crippen molar-refractivity contribution in [2.45, 2.75) is 44.3 Å². The first-order chi connectivity index (χ1) is 10.2. The van der Waals surface area contributed by atoms with Gasteiger partial charge in [-0.2, -0.15) is 0 Å². The van der Waals surface area contributed by atoms with E-state index in [1.54, 1.807) is 7.11 Å². The molecule has 116 valence electrons. The molecule has 0 aromatic heterocycles. The van der Waals surface area contributed by atoms with E-state index in [0.717, 1.165) is 29.3 Å². The summed E-state index contributed by atoms with van der Waals surface area (Å²) in [5.41, 5.74) is 1.88. The Hall–Kier alpha value is -0.810. The molecule has 0 radical (unpaired) electrons. The van der Waals surface area contributed by atoms with E-state index in [-0.39, 0.29) is 5.91 Å². The summed E-state index contributed by atoms with van der Waals surface area (Å²) in [7, 11) is 5.61. The summed E-state index contributed by atoms with van der Waals surface area (Å²) in [6.07, 6.45) is 5.24. The van der Waals surface area contributed by atoms with Crippen LogP contribution >= 0.6 is 21.6 Å². The number of unbranched alkanes of at least 4 members (excludes halogenated alkanes) is 1. The summed E-state index contributed by atoms with van der Waals surface area (Å²) in [6.45, 7) is 2.01. The largest absolute Gasteiger partial charge is 0.495 e. The summed E-state index contributed by atoms with van der Waals surface area (Å²) in [6, 6.07) is 5.81. The van der Waals surface area contributed by atoms with Gasteiger partial charge in [0.2, 0.25) is 5.91 Å². The Kier molecular flexibility index (Phi) is 6.77. The molecule has 0 spiro atoms. The van der Waals surface area contributed by atoms with Crippen molar-refractivity contribution in [2.24, 2.45) is 0 Å². The van der Waals surface area contributed by atoms with Crippen molar-refractivity contribution in [3.63, 3.8) is 0 Å². The summed E-state index contributed by atoms with van der Waals surface area (Å²) >= 11 is 0. The van der Waals surface area contributed by atoms with E-state index in [1.807, 2.05) is 46.7 Å². The van der Waals surface area contributed by atoms with Gasteiger partial charge >= 0.3 is 0 Å². The summed E-state index contributed by atoms with van der Waals surface area (Å²) in [4.78, 5) is 12.0. The lowest BCUT2D eigenvalue weighted by molar-refractivity contribution is -0.116. The maximum absolute atomic E-state index is 12.0. The molecule has 1 aromatic carbocycles. The van der Waals surface area contributed by atoms with Crippen LogP contribution in [0.1, 0.15) is 37.7 Å². The zero-order valence-electron chi connectivity index (χ0n) is 12.7. The van der Waals surface area contributed by atoms with E-state index < -0.39 is 0 Å². The van der Waals surface area contributed by atoms with Crippen molar-refractivity contribution < 1.29 is 9.53 Å². The molecule has 1 aromatic rings. The zero-order chi connectivity index (χ0) is 15.1. The van der Waals surface area contributed by atoms with Crippen LogP contribution in [-0.4, -0.2) is 24.0 Å². The molecule has 1 unspecified atom stereocenters. The highest BCUT2D eigenvalue weighted by Crippen LogP contribution is 2.39. The van der Waals surface area contributed by atoms with Gasteiger partial charge in [0.15, 0.2) is 0 Å². The Labute approximate surface area is 135 Å². The molecule has 1 saturated heterocycles. The number of amides is 1. The van der Waals surface area contributed by atoms with Crippen LogP contribution < -0.4 is 10.1 Å². The summed E-state index contributed by atoms with van der Waals surface area (Å²) in [5, 5.41) is 3.76. The molecule has 0 aliphatic carbocycles. The van der Waals surface area contributed by atoms with Crippen LogP contribution in [0.5, 0.6) is 5.75 Å². The topological polar surface area (TPSA) is 38.3 Å². The van der Waals surface area contributed by atoms with Gasteiger partial charge < -0.3 is 10.1 Å². The highest BCUT2D eigenvalue weighted by molar-refractivity contribution is 8.77. The number of nitrogens with one attached hydrogen (secondary N) is 1. The fraction of sp³-hybridized carbons (Fsp3) is 0.562. The molecular formula is C16H23NO2S2. The first kappa shape index (κ1) is 16.6. The standard InChI is InChI=1S/C16H23NO2S2/c1-12-7-8-15(19-2)14(11-12)17-16(18)6-4-3-5-13-9-10-20-21-13/h7-8,11,13H,3-6,9-10H2,1-2H3,(H,17,18). The molecule has 1 N–H and O–H groups in total. The van der Waals surface area contributed by atoms with Crippen LogP contribution in [0.2, 0.25) is 0 Å². The van der Waals surface area contributed by atoms with Crippen LogP contribution in [0, 0.1) is 6.92 Å². The SMILES string of the molecule is COc1ccc(C)cc1NC(=O)CCCCC1CCSS1. The van der Waals surface area contributed by atoms with Gasteiger partial charge in [-0.25, -0.2) is 0 Å². The Morgan fingerprint density at radius 1 is 1.43 bits per heavy atom. The lowest BCUT2D eigenvalue weighted by Crippen LogP contribution is -2.12. The molecule has 0 saturated carbocycles. The molecule has 1 heterocycles. The second kappa shape index (κ2) is 8.59. The van der Waals surface area contributed by atoms with Gasteiger partial charge in [0.25, 0.3) is 0 Å². The van der Waals surface area contributed by atoms with Crippen molar-refractivity contribution in [2.75, 3.05) is 18.2 Å². The van der Waals surface area contributed by atoms with Crippen LogP contribution in [-0.2, 0) is 4.79 Å². The average Bonchev–Trinajstić information content (AvgIpc) is 2.97. The molecule has 21 heavy (non-hydrogen) atoms. The number of carbonyl (C=O) groups excluding carboxylic acids is 1. The number of hydrogen-bond donors (Lipinski definition) is 1. The molecule has 0 bridgehead atoms. The summed E-state index contributed by atoms with van der Waals surface area (Å²) < 4.78 is 5.27. The number of anilines is 1. The van der Waals surface area contributed by atoms with Crippen molar-refractivity contribution in [3.8, 4) is 5.75 Å². The van der Waals surface area contributed by atoms with Crippen molar-refractivity contribution in [1.29, 1.82) is 0 Å². The first-order valence-electron chi connectivity index (χ1n) is 7.42. The lowest BCUT2D eigenvalue weighted by Gasteiger charge is -2.11. The maximum atomic E-state index is 12.0. The van der Waals surface area contributed by atoms with Gasteiger partial charge in [-0.3, -0.25) is 4.79 Å². The second-order valence-electron chi connectivity index (χ2n) is 5.33. The molecular weight excluding hydrogens is 302 g/mol. The van der Waals surface area contributed by atoms with Gasteiger partial charge in [-0.05, 0) is 43.9 Å². The lowest BCUT2D eigenvalue weighted by atomic mass is 10.1. The number of rotatable bonds is 7. The van der Waals surface area contributed by atoms with Crippen LogP contribution in [0.15, 0.2) is 18.2 Å². The Morgan fingerprint density at radius 3 is 3.00 bits per heavy atom. The molecule has 2 rings (SSSR count). The van der Waals surface area contributed by atoms with Crippen LogP contribution in [0.3, 0.4) is 0 Å². The average molecular weight is 325 g/mol. The number of carbonyl (C=O) groups is 1. The van der Waals surface area contributed by atoms with E-state index in [4.69, 9.17) is 4.74 Å². The van der Waals surface area contributed by atoms with Gasteiger partial charge in [0, 0.05) is 17.4 Å². The van der Waals surface area contributed by atoms with Gasteiger partial charge in [-0.1, -0.05) is 34.1 Å². The fourth-order valence-corrected chi connectivity index (χ4v) is 5.38. The normalized spacial score (nSPS) is 17.7. The zero-order valence-corrected chi connectivity index (χ0v) is 14.3. The predicted octanol–water partition coefficient (Wildman–Crippen LogP) is 4.66. The number of ether oxygens (including phenoxy) is 1. The Balaban J connectivity index is 1.72. The van der Waals surface area contributed by atoms with Gasteiger partial charge in [0.1, 0.15) is 5.75 Å². The van der Waals surface area contributed by atoms with Crippen molar-refractivity contribution >= 4 is 33.2 Å². The molecule has 5 heteroatoms. The maximum Gasteiger partial charge on any atom is 0.224 e. The minimum atomic E-state index is 0.0763. The molecule has 1 fully saturated rings. The fourth-order valence-electron chi connectivity index (χ4n) is 2.35. The first-order valence-corrected chi connectivity index (χ1v) is 9.80. The van der Waals surface area contributed by atoms with Crippen molar-refractivity contribution in [1.82, 2.24) is 0 Å². The second-order valence-corrected chi connectivity index (χ2v) is 8.11. The molecule has 1 amide bonds. The van der Waals surface area contributed by atoms with Crippen LogP contribution in [0.4, 0.5) is 5.69 Å². The number of methoxy groups -OCH3 is 1. The van der Waals surface area contributed by atoms with Gasteiger partial charge in [-0.15, -0.1) is 0 Å². The monoisotopic (exact) mass is 325 g/mol. The minimum absolute atomic E-state index is 0.0763. The highest BCUT2D eigenvalue weighted by Gasteiger charge is 2.16. The Morgan fingerprint density at radius 2 is 2.29 bits per heavy atom. The highest BCUT2D eigenvalue weighted by atomic mass is 33.1.